The summed E-state index contributed by atoms with van der Waals surface area (Å²) >= 11 is 3.32. The topological polar surface area (TPSA) is 89.3 Å². The minimum Gasteiger partial charge on any atom is -0.258 e. The molecular formula is C14H13BrN2O4S. The predicted octanol–water partition coefficient (Wildman–Crippen LogP) is 3.40. The van der Waals surface area contributed by atoms with Gasteiger partial charge in [-0.3, -0.25) is 10.1 Å². The Morgan fingerprint density at radius 1 is 1.18 bits per heavy atom. The first-order valence-corrected chi connectivity index (χ1v) is 8.60. The Kier molecular flexibility index (Phi) is 4.94. The van der Waals surface area contributed by atoms with Gasteiger partial charge in [0.1, 0.15) is 0 Å². The second-order valence-electron chi connectivity index (χ2n) is 4.62. The van der Waals surface area contributed by atoms with Crippen LogP contribution in [0.2, 0.25) is 0 Å². The van der Waals surface area contributed by atoms with Crippen LogP contribution in [0.4, 0.5) is 5.69 Å². The predicted molar refractivity (Wildman–Crippen MR) is 86.0 cm³/mol. The molecule has 22 heavy (non-hydrogen) atoms. The van der Waals surface area contributed by atoms with Crippen LogP contribution in [0.1, 0.15) is 18.5 Å². The molecule has 0 unspecified atom stereocenters. The van der Waals surface area contributed by atoms with Gasteiger partial charge in [-0.1, -0.05) is 40.2 Å². The summed E-state index contributed by atoms with van der Waals surface area (Å²) in [5.41, 5.74) is 0.299. The number of hydrogen-bond acceptors (Lipinski definition) is 4. The van der Waals surface area contributed by atoms with E-state index in [1.165, 1.54) is 24.3 Å². The first kappa shape index (κ1) is 16.6. The molecular weight excluding hydrogens is 372 g/mol. The molecule has 0 aliphatic rings. The number of nitrogens with one attached hydrogen (secondary N) is 1. The van der Waals surface area contributed by atoms with Crippen LogP contribution in [-0.2, 0) is 10.0 Å². The van der Waals surface area contributed by atoms with E-state index < -0.39 is 26.7 Å². The summed E-state index contributed by atoms with van der Waals surface area (Å²) in [5.74, 6) is 0. The molecule has 2 aromatic rings. The number of nitrogens with zero attached hydrogens (tertiary/aromatic N) is 1. The maximum atomic E-state index is 12.4. The Morgan fingerprint density at radius 2 is 1.86 bits per heavy atom. The molecule has 0 aliphatic heterocycles. The molecule has 6 nitrogen and oxygen atoms in total. The molecule has 8 heteroatoms. The molecule has 1 N–H and O–H groups in total. The molecule has 0 saturated heterocycles. The third-order valence-electron chi connectivity index (χ3n) is 3.03. The zero-order chi connectivity index (χ0) is 16.3. The number of para-hydroxylation sites is 1. The molecule has 0 spiro atoms. The standard InChI is InChI=1S/C14H13BrN2O4S/c1-10(11-5-4-6-12(15)9-11)16-22(20,21)14-8-3-2-7-13(14)17(18)19/h2-10,16H,1H3/t10-/m0/s1. The van der Waals surface area contributed by atoms with Gasteiger partial charge >= 0.3 is 0 Å². The maximum Gasteiger partial charge on any atom is 0.289 e. The number of benzene rings is 2. The van der Waals surface area contributed by atoms with Crippen LogP contribution in [0.5, 0.6) is 0 Å². The highest BCUT2D eigenvalue weighted by Crippen LogP contribution is 2.25. The lowest BCUT2D eigenvalue weighted by Gasteiger charge is -2.15. The van der Waals surface area contributed by atoms with Crippen LogP contribution < -0.4 is 4.72 Å². The number of nitro groups is 1. The van der Waals surface area contributed by atoms with Crippen molar-refractivity contribution in [1.82, 2.24) is 4.72 Å². The fraction of sp³-hybridized carbons (Fsp3) is 0.143. The molecule has 0 saturated carbocycles. The molecule has 0 heterocycles. The van der Waals surface area contributed by atoms with E-state index in [2.05, 4.69) is 20.7 Å². The lowest BCUT2D eigenvalue weighted by Crippen LogP contribution is -2.27. The molecule has 2 rings (SSSR count). The number of nitro benzene ring substituents is 1. The van der Waals surface area contributed by atoms with Crippen molar-refractivity contribution in [2.45, 2.75) is 17.9 Å². The minimum absolute atomic E-state index is 0.346. The average Bonchev–Trinajstić information content (AvgIpc) is 2.46. The van der Waals surface area contributed by atoms with Crippen LogP contribution >= 0.6 is 15.9 Å². The highest BCUT2D eigenvalue weighted by atomic mass is 79.9. The first-order chi connectivity index (χ1) is 10.3. The molecule has 116 valence electrons. The number of sulfonamides is 1. The van der Waals surface area contributed by atoms with Crippen molar-refractivity contribution in [2.24, 2.45) is 0 Å². The van der Waals surface area contributed by atoms with E-state index in [1.807, 2.05) is 6.07 Å². The van der Waals surface area contributed by atoms with E-state index in [4.69, 9.17) is 0 Å². The summed E-state index contributed by atoms with van der Waals surface area (Å²) in [6.07, 6.45) is 0. The van der Waals surface area contributed by atoms with Gasteiger partial charge in [0.25, 0.3) is 5.69 Å². The molecule has 0 aliphatic carbocycles. The zero-order valence-electron chi connectivity index (χ0n) is 11.6. The van der Waals surface area contributed by atoms with E-state index in [-0.39, 0.29) is 4.90 Å². The van der Waals surface area contributed by atoms with E-state index in [9.17, 15) is 18.5 Å². The summed E-state index contributed by atoms with van der Waals surface area (Å²) < 4.78 is 28.1. The molecule has 1 atom stereocenters. The van der Waals surface area contributed by atoms with Gasteiger partial charge in [-0.2, -0.15) is 0 Å². The van der Waals surface area contributed by atoms with Crippen LogP contribution in [-0.4, -0.2) is 13.3 Å². The zero-order valence-corrected chi connectivity index (χ0v) is 14.0. The second kappa shape index (κ2) is 6.55. The fourth-order valence-corrected chi connectivity index (χ4v) is 3.80. The van der Waals surface area contributed by atoms with Crippen LogP contribution in [0.25, 0.3) is 0 Å². The molecule has 0 bridgehead atoms. The second-order valence-corrected chi connectivity index (χ2v) is 7.22. The van der Waals surface area contributed by atoms with Gasteiger partial charge in [-0.05, 0) is 30.7 Å². The minimum atomic E-state index is -4.00. The van der Waals surface area contributed by atoms with Crippen molar-refractivity contribution in [3.63, 3.8) is 0 Å². The fourth-order valence-electron chi connectivity index (χ4n) is 1.98. The smallest absolute Gasteiger partial charge is 0.258 e. The summed E-state index contributed by atoms with van der Waals surface area (Å²) in [6, 6.07) is 11.9. The SMILES string of the molecule is C[C@H](NS(=O)(=O)c1ccccc1[N+](=O)[O-])c1cccc(Br)c1. The van der Waals surface area contributed by atoms with Crippen molar-refractivity contribution < 1.29 is 13.3 Å². The van der Waals surface area contributed by atoms with Crippen molar-refractivity contribution in [3.05, 3.63) is 68.7 Å². The van der Waals surface area contributed by atoms with Crippen molar-refractivity contribution >= 4 is 31.6 Å². The van der Waals surface area contributed by atoms with Gasteiger partial charge in [0.15, 0.2) is 4.90 Å². The van der Waals surface area contributed by atoms with E-state index in [0.29, 0.717) is 0 Å². The summed E-state index contributed by atoms with van der Waals surface area (Å²) in [5, 5.41) is 11.0. The summed E-state index contributed by atoms with van der Waals surface area (Å²) in [4.78, 5) is 9.92. The van der Waals surface area contributed by atoms with Crippen molar-refractivity contribution in [2.75, 3.05) is 0 Å². The van der Waals surface area contributed by atoms with E-state index >= 15 is 0 Å². The first-order valence-electron chi connectivity index (χ1n) is 6.32. The summed E-state index contributed by atoms with van der Waals surface area (Å²) in [6.45, 7) is 1.67. The molecule has 2 aromatic carbocycles. The molecule has 0 aromatic heterocycles. The maximum absolute atomic E-state index is 12.4. The van der Waals surface area contributed by atoms with Crippen LogP contribution in [0, 0.1) is 10.1 Å². The highest BCUT2D eigenvalue weighted by molar-refractivity contribution is 9.10. The van der Waals surface area contributed by atoms with Gasteiger partial charge in [-0.25, -0.2) is 13.1 Å². The molecule has 0 radical (unpaired) electrons. The monoisotopic (exact) mass is 384 g/mol. The number of hydrogen-bond donors (Lipinski definition) is 1. The Balaban J connectivity index is 2.34. The van der Waals surface area contributed by atoms with E-state index in [1.54, 1.807) is 25.1 Å². The quantitative estimate of drug-likeness (QED) is 0.631. The summed E-state index contributed by atoms with van der Waals surface area (Å²) in [7, 11) is -4.00. The van der Waals surface area contributed by atoms with Gasteiger partial charge in [0, 0.05) is 16.6 Å². The van der Waals surface area contributed by atoms with Crippen LogP contribution in [0.15, 0.2) is 57.9 Å². The van der Waals surface area contributed by atoms with Gasteiger partial charge in [-0.15, -0.1) is 0 Å². The Hall–Kier alpha value is -1.77. The van der Waals surface area contributed by atoms with E-state index in [0.717, 1.165) is 10.0 Å². The van der Waals surface area contributed by atoms with Crippen molar-refractivity contribution in [1.29, 1.82) is 0 Å². The van der Waals surface area contributed by atoms with Gasteiger partial charge in [0.05, 0.1) is 4.92 Å². The Labute approximate surface area is 136 Å². The number of rotatable bonds is 5. The van der Waals surface area contributed by atoms with Crippen LogP contribution in [0.3, 0.4) is 0 Å². The highest BCUT2D eigenvalue weighted by Gasteiger charge is 2.26. The Bertz CT molecular complexity index is 808. The largest absolute Gasteiger partial charge is 0.289 e. The number of halogens is 1. The normalized spacial score (nSPS) is 12.8. The average molecular weight is 385 g/mol. The van der Waals surface area contributed by atoms with Crippen molar-refractivity contribution in [3.8, 4) is 0 Å². The molecule has 0 amide bonds. The lowest BCUT2D eigenvalue weighted by molar-refractivity contribution is -0.387. The lowest BCUT2D eigenvalue weighted by atomic mass is 10.1. The Morgan fingerprint density at radius 3 is 2.50 bits per heavy atom. The third kappa shape index (κ3) is 3.70. The third-order valence-corrected chi connectivity index (χ3v) is 5.11. The van der Waals surface area contributed by atoms with Gasteiger partial charge < -0.3 is 0 Å². The molecule has 0 fully saturated rings. The van der Waals surface area contributed by atoms with Gasteiger partial charge in [0.2, 0.25) is 10.0 Å².